The van der Waals surface area contributed by atoms with Crippen molar-refractivity contribution in [2.75, 3.05) is 21.3 Å². The van der Waals surface area contributed by atoms with Gasteiger partial charge in [0.25, 0.3) is 0 Å². The van der Waals surface area contributed by atoms with Gasteiger partial charge in [-0.25, -0.2) is 4.79 Å². The number of rotatable bonds is 6. The van der Waals surface area contributed by atoms with E-state index in [1.165, 1.54) is 45.6 Å². The lowest BCUT2D eigenvalue weighted by Gasteiger charge is -2.23. The second-order valence-electron chi connectivity index (χ2n) is 9.36. The van der Waals surface area contributed by atoms with Crippen molar-refractivity contribution in [1.29, 1.82) is 0 Å². The first-order valence-corrected chi connectivity index (χ1v) is 12.1. The molecule has 9 nitrogen and oxygen atoms in total. The second-order valence-corrected chi connectivity index (χ2v) is 9.36. The predicted molar refractivity (Wildman–Crippen MR) is 149 cm³/mol. The van der Waals surface area contributed by atoms with Gasteiger partial charge in [-0.3, -0.25) is 4.79 Å². The van der Waals surface area contributed by atoms with E-state index in [4.69, 9.17) is 18.6 Å². The van der Waals surface area contributed by atoms with Gasteiger partial charge in [-0.05, 0) is 38.1 Å². The van der Waals surface area contributed by atoms with Gasteiger partial charge in [0, 0.05) is 40.6 Å². The number of nitrogens with one attached hydrogen (secondary N) is 1. The van der Waals surface area contributed by atoms with Crippen LogP contribution in [0.25, 0.3) is 32.8 Å². The van der Waals surface area contributed by atoms with Crippen LogP contribution < -0.4 is 25.3 Å². The van der Waals surface area contributed by atoms with Gasteiger partial charge in [0.1, 0.15) is 22.8 Å². The average molecular weight is 530 g/mol. The first kappa shape index (κ1) is 25.7. The van der Waals surface area contributed by atoms with Crippen molar-refractivity contribution in [3.8, 4) is 28.7 Å². The Labute approximate surface area is 222 Å². The third kappa shape index (κ3) is 4.21. The molecule has 9 heteroatoms. The minimum absolute atomic E-state index is 0.0592. The molecular formula is C30H27NO8. The number of aromatic hydroxyl groups is 2. The molecule has 0 radical (unpaired) electrons. The third-order valence-corrected chi connectivity index (χ3v) is 6.71. The standard InChI is InChI=1S/C30H27NO8/c1-14(2)10-18(17-11-15-6-9-24(34)39-21(15)13-22(17)36-3)25-23(37-4)12-20(33)26-28(25)31-27-16(29(26)35)7-8-19(32)30(27)38-5/h6-13,18,32-33H,1-5H3,(H,31,35)/t18-/m0/s1. The maximum atomic E-state index is 13.7. The van der Waals surface area contributed by atoms with E-state index in [1.807, 2.05) is 26.0 Å². The molecule has 5 rings (SSSR count). The number of hydrogen-bond donors (Lipinski definition) is 3. The number of allylic oxidation sites excluding steroid dienone is 2. The Morgan fingerprint density at radius 3 is 2.31 bits per heavy atom. The molecule has 3 N–H and O–H groups in total. The van der Waals surface area contributed by atoms with Gasteiger partial charge in [0.15, 0.2) is 11.5 Å². The molecule has 3 aromatic carbocycles. The van der Waals surface area contributed by atoms with Crippen LogP contribution in [0.2, 0.25) is 0 Å². The van der Waals surface area contributed by atoms with Crippen LogP contribution in [0.4, 0.5) is 0 Å². The largest absolute Gasteiger partial charge is 0.507 e. The maximum Gasteiger partial charge on any atom is 0.336 e. The Hall–Kier alpha value is -4.92. The van der Waals surface area contributed by atoms with E-state index >= 15 is 0 Å². The second kappa shape index (κ2) is 9.75. The zero-order valence-electron chi connectivity index (χ0n) is 22.0. The van der Waals surface area contributed by atoms with Gasteiger partial charge >= 0.3 is 5.63 Å². The number of aromatic amines is 1. The van der Waals surface area contributed by atoms with Crippen LogP contribution in [0.5, 0.6) is 28.7 Å². The van der Waals surface area contributed by atoms with Crippen molar-refractivity contribution in [3.05, 3.63) is 85.9 Å². The molecule has 0 saturated heterocycles. The molecule has 0 aliphatic rings. The molecule has 5 aromatic rings. The fourth-order valence-electron chi connectivity index (χ4n) is 5.04. The van der Waals surface area contributed by atoms with Crippen LogP contribution in [0.3, 0.4) is 0 Å². The normalized spacial score (nSPS) is 12.0. The van der Waals surface area contributed by atoms with E-state index in [1.54, 1.807) is 12.1 Å². The van der Waals surface area contributed by atoms with E-state index in [2.05, 4.69) is 4.98 Å². The fourth-order valence-corrected chi connectivity index (χ4v) is 5.04. The van der Waals surface area contributed by atoms with Crippen LogP contribution in [0.15, 0.2) is 68.1 Å². The van der Waals surface area contributed by atoms with Crippen molar-refractivity contribution >= 4 is 32.8 Å². The number of aromatic nitrogens is 1. The molecule has 1 atom stereocenters. The number of pyridine rings is 1. The van der Waals surface area contributed by atoms with Crippen LogP contribution in [-0.4, -0.2) is 36.5 Å². The summed E-state index contributed by atoms with van der Waals surface area (Å²) in [7, 11) is 4.38. The summed E-state index contributed by atoms with van der Waals surface area (Å²) in [6.07, 6.45) is 1.99. The molecule has 200 valence electrons. The molecule has 0 fully saturated rings. The first-order chi connectivity index (χ1) is 18.7. The summed E-state index contributed by atoms with van der Waals surface area (Å²) in [5.41, 5.74) is 2.22. The highest BCUT2D eigenvalue weighted by molar-refractivity contribution is 6.01. The third-order valence-electron chi connectivity index (χ3n) is 6.71. The smallest absolute Gasteiger partial charge is 0.336 e. The van der Waals surface area contributed by atoms with E-state index in [0.29, 0.717) is 39.1 Å². The Balaban J connectivity index is 1.97. The highest BCUT2D eigenvalue weighted by atomic mass is 16.5. The van der Waals surface area contributed by atoms with Crippen LogP contribution in [0.1, 0.15) is 30.9 Å². The van der Waals surface area contributed by atoms with Gasteiger partial charge in [0.05, 0.1) is 43.1 Å². The molecule has 0 amide bonds. The summed E-state index contributed by atoms with van der Waals surface area (Å²) in [5, 5.41) is 22.3. The van der Waals surface area contributed by atoms with E-state index in [0.717, 1.165) is 5.57 Å². The van der Waals surface area contributed by atoms with Gasteiger partial charge in [0.2, 0.25) is 5.43 Å². The average Bonchev–Trinajstić information content (AvgIpc) is 2.90. The van der Waals surface area contributed by atoms with Crippen molar-refractivity contribution in [3.63, 3.8) is 0 Å². The van der Waals surface area contributed by atoms with Crippen molar-refractivity contribution in [1.82, 2.24) is 4.98 Å². The summed E-state index contributed by atoms with van der Waals surface area (Å²) >= 11 is 0. The highest BCUT2D eigenvalue weighted by Gasteiger charge is 2.27. The van der Waals surface area contributed by atoms with Crippen LogP contribution >= 0.6 is 0 Å². The molecule has 0 saturated carbocycles. The molecule has 2 aromatic heterocycles. The van der Waals surface area contributed by atoms with Gasteiger partial charge in [-0.1, -0.05) is 11.6 Å². The van der Waals surface area contributed by atoms with Crippen molar-refractivity contribution < 1.29 is 28.8 Å². The molecule has 0 unspecified atom stereocenters. The summed E-state index contributed by atoms with van der Waals surface area (Å²) in [6, 6.07) is 10.8. The monoisotopic (exact) mass is 529 g/mol. The number of hydrogen-bond acceptors (Lipinski definition) is 8. The fraction of sp³-hybridized carbons (Fsp3) is 0.200. The number of benzene rings is 3. The summed E-state index contributed by atoms with van der Waals surface area (Å²) in [6.45, 7) is 3.88. The zero-order chi connectivity index (χ0) is 28.0. The Morgan fingerprint density at radius 2 is 1.64 bits per heavy atom. The summed E-state index contributed by atoms with van der Waals surface area (Å²) in [4.78, 5) is 28.8. The minimum Gasteiger partial charge on any atom is -0.507 e. The first-order valence-electron chi connectivity index (χ1n) is 12.1. The van der Waals surface area contributed by atoms with Gasteiger partial charge in [-0.2, -0.15) is 0 Å². The molecule has 0 aliphatic carbocycles. The topological polar surface area (TPSA) is 131 Å². The van der Waals surface area contributed by atoms with Gasteiger partial charge < -0.3 is 33.8 Å². The number of phenolic OH excluding ortho intramolecular Hbond substituents is 2. The van der Waals surface area contributed by atoms with Crippen molar-refractivity contribution in [2.45, 2.75) is 19.8 Å². The maximum absolute atomic E-state index is 13.7. The lowest BCUT2D eigenvalue weighted by atomic mass is 9.85. The molecule has 0 aliphatic heterocycles. The molecule has 0 bridgehead atoms. The number of H-pyrrole nitrogens is 1. The zero-order valence-corrected chi connectivity index (χ0v) is 22.0. The SMILES string of the molecule is COc1cc2oc(=O)ccc2cc1[C@H](C=C(C)C)c1c(OC)cc(O)c2c(=O)c3ccc(O)c(OC)c3[nH]c12. The van der Waals surface area contributed by atoms with Crippen LogP contribution in [0, 0.1) is 0 Å². The van der Waals surface area contributed by atoms with Crippen LogP contribution in [-0.2, 0) is 0 Å². The highest BCUT2D eigenvalue weighted by Crippen LogP contribution is 2.45. The molecule has 39 heavy (non-hydrogen) atoms. The lowest BCUT2D eigenvalue weighted by Crippen LogP contribution is -2.11. The number of methoxy groups -OCH3 is 3. The molecular weight excluding hydrogens is 502 g/mol. The Kier molecular flexibility index (Phi) is 6.43. The molecule has 2 heterocycles. The quantitative estimate of drug-likeness (QED) is 0.153. The van der Waals surface area contributed by atoms with E-state index in [-0.39, 0.29) is 33.5 Å². The Bertz CT molecular complexity index is 1910. The van der Waals surface area contributed by atoms with Crippen molar-refractivity contribution in [2.24, 2.45) is 0 Å². The molecule has 0 spiro atoms. The van der Waals surface area contributed by atoms with E-state index < -0.39 is 17.0 Å². The van der Waals surface area contributed by atoms with Gasteiger partial charge in [-0.15, -0.1) is 0 Å². The predicted octanol–water partition coefficient (Wildman–Crippen LogP) is 5.32. The number of phenols is 2. The van der Waals surface area contributed by atoms with E-state index in [9.17, 15) is 19.8 Å². The number of ether oxygens (including phenoxy) is 3. The lowest BCUT2D eigenvalue weighted by molar-refractivity contribution is 0.377. The number of fused-ring (bicyclic) bond motifs is 3. The summed E-state index contributed by atoms with van der Waals surface area (Å²) < 4.78 is 22.2. The minimum atomic E-state index is -0.546. The summed E-state index contributed by atoms with van der Waals surface area (Å²) in [5.74, 6) is -0.0943. The Morgan fingerprint density at radius 1 is 0.897 bits per heavy atom.